The molecule has 0 amide bonds. The van der Waals surface area contributed by atoms with E-state index in [0.29, 0.717) is 5.56 Å². The number of hydrogen-bond acceptors (Lipinski definition) is 2. The van der Waals surface area contributed by atoms with Gasteiger partial charge in [0.25, 0.3) is 0 Å². The van der Waals surface area contributed by atoms with Crippen molar-refractivity contribution in [2.24, 2.45) is 5.84 Å². The summed E-state index contributed by atoms with van der Waals surface area (Å²) in [6, 6.07) is 3.29. The maximum absolute atomic E-state index is 12.9. The summed E-state index contributed by atoms with van der Waals surface area (Å²) in [5, 5.41) is 0. The molecule has 0 bridgehead atoms. The summed E-state index contributed by atoms with van der Waals surface area (Å²) in [7, 11) is 0. The SMILES string of the molecule is CCCCC(NN)c1cc(F)cc(F)c1. The molecule has 0 saturated heterocycles. The van der Waals surface area contributed by atoms with Gasteiger partial charge in [0.2, 0.25) is 0 Å². The highest BCUT2D eigenvalue weighted by Gasteiger charge is 2.11. The van der Waals surface area contributed by atoms with Crippen molar-refractivity contribution in [1.82, 2.24) is 5.43 Å². The summed E-state index contributed by atoms with van der Waals surface area (Å²) in [6.07, 6.45) is 2.76. The van der Waals surface area contributed by atoms with Crippen LogP contribution in [0.2, 0.25) is 0 Å². The number of rotatable bonds is 5. The smallest absolute Gasteiger partial charge is 0.126 e. The molecule has 1 aromatic rings. The van der Waals surface area contributed by atoms with Gasteiger partial charge in [0, 0.05) is 12.1 Å². The van der Waals surface area contributed by atoms with Crippen LogP contribution < -0.4 is 11.3 Å². The highest BCUT2D eigenvalue weighted by Crippen LogP contribution is 2.20. The fourth-order valence-electron chi connectivity index (χ4n) is 1.53. The lowest BCUT2D eigenvalue weighted by atomic mass is 10.0. The fourth-order valence-corrected chi connectivity index (χ4v) is 1.53. The zero-order valence-corrected chi connectivity index (χ0v) is 8.76. The van der Waals surface area contributed by atoms with Crippen molar-refractivity contribution in [3.63, 3.8) is 0 Å². The van der Waals surface area contributed by atoms with E-state index in [1.807, 2.05) is 0 Å². The quantitative estimate of drug-likeness (QED) is 0.584. The lowest BCUT2D eigenvalue weighted by Crippen LogP contribution is -2.28. The first-order valence-electron chi connectivity index (χ1n) is 5.09. The second kappa shape index (κ2) is 5.78. The molecule has 1 atom stereocenters. The number of nitrogens with one attached hydrogen (secondary N) is 1. The lowest BCUT2D eigenvalue weighted by molar-refractivity contribution is 0.486. The molecular weight excluding hydrogens is 198 g/mol. The summed E-state index contributed by atoms with van der Waals surface area (Å²) in [5.74, 6) is 4.22. The van der Waals surface area contributed by atoms with Gasteiger partial charge < -0.3 is 0 Å². The highest BCUT2D eigenvalue weighted by atomic mass is 19.1. The molecule has 15 heavy (non-hydrogen) atoms. The molecule has 84 valence electrons. The minimum Gasteiger partial charge on any atom is -0.271 e. The molecule has 0 saturated carbocycles. The molecule has 0 aliphatic carbocycles. The van der Waals surface area contributed by atoms with Gasteiger partial charge in [-0.15, -0.1) is 0 Å². The summed E-state index contributed by atoms with van der Waals surface area (Å²) >= 11 is 0. The van der Waals surface area contributed by atoms with Crippen LogP contribution in [0.4, 0.5) is 8.78 Å². The largest absolute Gasteiger partial charge is 0.271 e. The van der Waals surface area contributed by atoms with Crippen LogP contribution in [0.5, 0.6) is 0 Å². The van der Waals surface area contributed by atoms with E-state index in [4.69, 9.17) is 5.84 Å². The van der Waals surface area contributed by atoms with Crippen LogP contribution >= 0.6 is 0 Å². The van der Waals surface area contributed by atoms with Crippen molar-refractivity contribution in [3.8, 4) is 0 Å². The Bertz CT molecular complexity index is 295. The summed E-state index contributed by atoms with van der Waals surface area (Å²) in [4.78, 5) is 0. The summed E-state index contributed by atoms with van der Waals surface area (Å²) in [5.41, 5.74) is 3.13. The third-order valence-electron chi connectivity index (χ3n) is 2.33. The number of nitrogens with two attached hydrogens (primary N) is 1. The van der Waals surface area contributed by atoms with Gasteiger partial charge in [-0.25, -0.2) is 8.78 Å². The van der Waals surface area contributed by atoms with E-state index >= 15 is 0 Å². The van der Waals surface area contributed by atoms with Crippen molar-refractivity contribution in [2.75, 3.05) is 0 Å². The van der Waals surface area contributed by atoms with Gasteiger partial charge in [-0.1, -0.05) is 19.8 Å². The topological polar surface area (TPSA) is 38.0 Å². The van der Waals surface area contributed by atoms with Gasteiger partial charge in [0.15, 0.2) is 0 Å². The third-order valence-corrected chi connectivity index (χ3v) is 2.33. The van der Waals surface area contributed by atoms with Crippen molar-refractivity contribution < 1.29 is 8.78 Å². The molecule has 3 N–H and O–H groups in total. The van der Waals surface area contributed by atoms with Crippen LogP contribution in [0.3, 0.4) is 0 Å². The summed E-state index contributed by atoms with van der Waals surface area (Å²) < 4.78 is 25.9. The Morgan fingerprint density at radius 3 is 2.33 bits per heavy atom. The molecule has 0 aliphatic heterocycles. The Labute approximate surface area is 88.4 Å². The zero-order chi connectivity index (χ0) is 11.3. The number of hydrogen-bond donors (Lipinski definition) is 2. The Morgan fingerprint density at radius 2 is 1.87 bits per heavy atom. The average Bonchev–Trinajstić information content (AvgIpc) is 2.17. The van der Waals surface area contributed by atoms with Gasteiger partial charge in [-0.2, -0.15) is 0 Å². The number of unbranched alkanes of at least 4 members (excludes halogenated alkanes) is 1. The van der Waals surface area contributed by atoms with E-state index in [9.17, 15) is 8.78 Å². The molecule has 0 heterocycles. The Kier molecular flexibility index (Phi) is 4.65. The molecule has 1 rings (SSSR count). The van der Waals surface area contributed by atoms with Crippen LogP contribution in [-0.2, 0) is 0 Å². The van der Waals surface area contributed by atoms with Gasteiger partial charge in [-0.3, -0.25) is 11.3 Å². The summed E-state index contributed by atoms with van der Waals surface area (Å²) in [6.45, 7) is 2.06. The molecule has 0 aromatic heterocycles. The molecule has 4 heteroatoms. The molecule has 1 unspecified atom stereocenters. The molecule has 0 spiro atoms. The van der Waals surface area contributed by atoms with Crippen LogP contribution in [-0.4, -0.2) is 0 Å². The minimum atomic E-state index is -0.568. The first-order chi connectivity index (χ1) is 7.17. The van der Waals surface area contributed by atoms with Gasteiger partial charge in [0.1, 0.15) is 11.6 Å². The molecule has 2 nitrogen and oxygen atoms in total. The Hall–Kier alpha value is -1.00. The Balaban J connectivity index is 2.81. The minimum absolute atomic E-state index is 0.185. The second-order valence-electron chi connectivity index (χ2n) is 3.56. The molecule has 0 fully saturated rings. The Morgan fingerprint density at radius 1 is 1.27 bits per heavy atom. The lowest BCUT2D eigenvalue weighted by Gasteiger charge is -2.15. The third kappa shape index (κ3) is 3.57. The van der Waals surface area contributed by atoms with Gasteiger partial charge >= 0.3 is 0 Å². The van der Waals surface area contributed by atoms with Gasteiger partial charge in [-0.05, 0) is 24.1 Å². The molecule has 1 aromatic carbocycles. The van der Waals surface area contributed by atoms with Crippen molar-refractivity contribution in [2.45, 2.75) is 32.2 Å². The van der Waals surface area contributed by atoms with Crippen molar-refractivity contribution >= 4 is 0 Å². The van der Waals surface area contributed by atoms with Crippen LogP contribution in [0.15, 0.2) is 18.2 Å². The first-order valence-corrected chi connectivity index (χ1v) is 5.09. The van der Waals surface area contributed by atoms with Crippen LogP contribution in [0.1, 0.15) is 37.8 Å². The molecular formula is C11H16F2N2. The predicted octanol–water partition coefficient (Wildman–Crippen LogP) is 2.66. The van der Waals surface area contributed by atoms with Crippen LogP contribution in [0.25, 0.3) is 0 Å². The van der Waals surface area contributed by atoms with Crippen LogP contribution in [0, 0.1) is 11.6 Å². The van der Waals surface area contributed by atoms with Gasteiger partial charge in [0.05, 0.1) is 0 Å². The number of hydrazine groups is 1. The van der Waals surface area contributed by atoms with E-state index in [2.05, 4.69) is 12.3 Å². The maximum Gasteiger partial charge on any atom is 0.126 e. The fraction of sp³-hybridized carbons (Fsp3) is 0.455. The van der Waals surface area contributed by atoms with E-state index in [0.717, 1.165) is 25.3 Å². The molecule has 0 aliphatic rings. The van der Waals surface area contributed by atoms with E-state index in [1.54, 1.807) is 0 Å². The molecule has 0 radical (unpaired) electrons. The van der Waals surface area contributed by atoms with E-state index in [1.165, 1.54) is 12.1 Å². The second-order valence-corrected chi connectivity index (χ2v) is 3.56. The van der Waals surface area contributed by atoms with Crippen molar-refractivity contribution in [3.05, 3.63) is 35.4 Å². The average molecular weight is 214 g/mol. The highest BCUT2D eigenvalue weighted by molar-refractivity contribution is 5.21. The number of halogens is 2. The maximum atomic E-state index is 12.9. The van der Waals surface area contributed by atoms with E-state index < -0.39 is 11.6 Å². The normalized spacial score (nSPS) is 12.8. The van der Waals surface area contributed by atoms with Crippen molar-refractivity contribution in [1.29, 1.82) is 0 Å². The zero-order valence-electron chi connectivity index (χ0n) is 8.76. The monoisotopic (exact) mass is 214 g/mol. The first kappa shape index (κ1) is 12.1. The predicted molar refractivity (Wildman–Crippen MR) is 55.9 cm³/mol. The standard InChI is InChI=1S/C11H16F2N2/c1-2-3-4-11(15-14)8-5-9(12)7-10(13)6-8/h5-7,11,15H,2-4,14H2,1H3. The van der Waals surface area contributed by atoms with E-state index in [-0.39, 0.29) is 6.04 Å². The number of benzene rings is 1.